The first-order valence-corrected chi connectivity index (χ1v) is 10.1. The van der Waals surface area contributed by atoms with Crippen molar-refractivity contribution in [3.63, 3.8) is 0 Å². The van der Waals surface area contributed by atoms with E-state index in [0.717, 1.165) is 5.69 Å². The van der Waals surface area contributed by atoms with E-state index in [1.807, 2.05) is 6.07 Å². The Bertz CT molecular complexity index is 1100. The Morgan fingerprint density at radius 3 is 2.66 bits per heavy atom. The molecule has 1 aromatic heterocycles. The number of aromatic carboxylic acids is 1. The van der Waals surface area contributed by atoms with Crippen molar-refractivity contribution < 1.29 is 9.90 Å². The number of nitrogens with zero attached hydrogens (tertiary/aromatic N) is 2. The number of thioether (sulfide) groups is 1. The van der Waals surface area contributed by atoms with Crippen molar-refractivity contribution in [1.29, 1.82) is 0 Å². The Labute approximate surface area is 177 Å². The van der Waals surface area contributed by atoms with Crippen molar-refractivity contribution in [2.45, 2.75) is 17.7 Å². The highest BCUT2D eigenvalue weighted by molar-refractivity contribution is 8.02. The summed E-state index contributed by atoms with van der Waals surface area (Å²) in [6.07, 6.45) is 3.70. The summed E-state index contributed by atoms with van der Waals surface area (Å²) in [5, 5.41) is 17.8. The molecule has 146 valence electrons. The minimum absolute atomic E-state index is 0.212. The highest BCUT2D eigenvalue weighted by Crippen LogP contribution is 2.37. The fourth-order valence-electron chi connectivity index (χ4n) is 2.90. The number of nitrogens with one attached hydrogen (secondary N) is 2. The van der Waals surface area contributed by atoms with Crippen LogP contribution in [0.25, 0.3) is 0 Å². The van der Waals surface area contributed by atoms with Crippen molar-refractivity contribution in [3.8, 4) is 0 Å². The fourth-order valence-corrected chi connectivity index (χ4v) is 4.09. The van der Waals surface area contributed by atoms with Crippen LogP contribution in [0, 0.1) is 0 Å². The van der Waals surface area contributed by atoms with E-state index in [2.05, 4.69) is 51.1 Å². The topological polar surface area (TPSA) is 87.1 Å². The molecule has 8 heteroatoms. The summed E-state index contributed by atoms with van der Waals surface area (Å²) in [6, 6.07) is 12.5. The summed E-state index contributed by atoms with van der Waals surface area (Å²) in [6.45, 7) is 2.17. The van der Waals surface area contributed by atoms with Crippen LogP contribution in [0.5, 0.6) is 0 Å². The molecule has 6 nitrogen and oxygen atoms in total. The summed E-state index contributed by atoms with van der Waals surface area (Å²) < 4.78 is 0. The number of carboxylic acids is 1. The molecule has 4 rings (SSSR count). The number of benzene rings is 2. The highest BCUT2D eigenvalue weighted by Gasteiger charge is 2.14. The van der Waals surface area contributed by atoms with E-state index in [0.29, 0.717) is 28.4 Å². The van der Waals surface area contributed by atoms with Gasteiger partial charge in [-0.05, 0) is 47.4 Å². The largest absolute Gasteiger partial charge is 0.478 e. The quantitative estimate of drug-likeness (QED) is 0.460. The molecule has 3 aromatic rings. The molecule has 1 atom stereocenters. The Morgan fingerprint density at radius 1 is 1.14 bits per heavy atom. The van der Waals surface area contributed by atoms with Gasteiger partial charge < -0.3 is 15.7 Å². The molecule has 0 saturated carbocycles. The van der Waals surface area contributed by atoms with Gasteiger partial charge in [-0.3, -0.25) is 0 Å². The number of halogens is 1. The van der Waals surface area contributed by atoms with Crippen LogP contribution in [-0.2, 0) is 0 Å². The number of hydrogen-bond acceptors (Lipinski definition) is 6. The normalized spacial score (nSPS) is 14.9. The van der Waals surface area contributed by atoms with E-state index in [1.54, 1.807) is 23.9 Å². The molecule has 0 fully saturated rings. The predicted molar refractivity (Wildman–Crippen MR) is 117 cm³/mol. The van der Waals surface area contributed by atoms with Gasteiger partial charge in [0.1, 0.15) is 5.02 Å². The average molecular weight is 425 g/mol. The lowest BCUT2D eigenvalue weighted by Gasteiger charge is -2.18. The third-order valence-electron chi connectivity index (χ3n) is 4.46. The zero-order valence-electron chi connectivity index (χ0n) is 15.4. The molecule has 0 saturated heterocycles. The van der Waals surface area contributed by atoms with E-state index in [4.69, 9.17) is 16.7 Å². The second-order valence-electron chi connectivity index (χ2n) is 6.51. The Hall–Kier alpha value is -3.03. The summed E-state index contributed by atoms with van der Waals surface area (Å²) in [5.74, 6) is 0.254. The molecule has 1 aliphatic rings. The lowest BCUT2D eigenvalue weighted by molar-refractivity contribution is 0.0697. The number of fused-ring (bicyclic) bond motifs is 1. The third kappa shape index (κ3) is 4.36. The van der Waals surface area contributed by atoms with Gasteiger partial charge in [-0.1, -0.05) is 42.4 Å². The highest BCUT2D eigenvalue weighted by atomic mass is 35.5. The molecular formula is C21H17ClN4O2S. The summed E-state index contributed by atoms with van der Waals surface area (Å²) in [7, 11) is 0. The molecule has 1 unspecified atom stereocenters. The van der Waals surface area contributed by atoms with Crippen LogP contribution in [0.15, 0.2) is 65.0 Å². The maximum Gasteiger partial charge on any atom is 0.335 e. The minimum Gasteiger partial charge on any atom is -0.478 e. The minimum atomic E-state index is -0.973. The van der Waals surface area contributed by atoms with Gasteiger partial charge in [0.25, 0.3) is 0 Å². The third-order valence-corrected chi connectivity index (χ3v) is 5.64. The lowest BCUT2D eigenvalue weighted by Crippen LogP contribution is -2.03. The Kier molecular flexibility index (Phi) is 5.42. The summed E-state index contributed by atoms with van der Waals surface area (Å²) in [4.78, 5) is 20.8. The van der Waals surface area contributed by atoms with Crippen LogP contribution in [0.2, 0.25) is 5.02 Å². The van der Waals surface area contributed by atoms with Gasteiger partial charge in [-0.15, -0.1) is 0 Å². The first-order valence-electron chi connectivity index (χ1n) is 8.87. The molecule has 0 aliphatic carbocycles. The Balaban J connectivity index is 1.54. The van der Waals surface area contributed by atoms with Crippen LogP contribution < -0.4 is 10.6 Å². The Morgan fingerprint density at radius 2 is 1.90 bits per heavy atom. The average Bonchev–Trinajstić information content (AvgIpc) is 2.71. The number of carbonyl (C=O) groups is 1. The van der Waals surface area contributed by atoms with Gasteiger partial charge in [0.05, 0.1) is 11.8 Å². The van der Waals surface area contributed by atoms with Gasteiger partial charge in [-0.2, -0.15) is 4.98 Å². The van der Waals surface area contributed by atoms with Crippen molar-refractivity contribution in [1.82, 2.24) is 9.97 Å². The smallest absolute Gasteiger partial charge is 0.335 e. The molecule has 29 heavy (non-hydrogen) atoms. The number of allylic oxidation sites excluding steroid dienone is 1. The van der Waals surface area contributed by atoms with E-state index >= 15 is 0 Å². The monoisotopic (exact) mass is 424 g/mol. The van der Waals surface area contributed by atoms with Crippen LogP contribution in [0.4, 0.5) is 23.1 Å². The molecule has 0 bridgehead atoms. The summed E-state index contributed by atoms with van der Waals surface area (Å²) >= 11 is 7.96. The number of hydrogen-bond donors (Lipinski definition) is 3. The zero-order chi connectivity index (χ0) is 20.4. The molecule has 0 radical (unpaired) electrons. The SMILES string of the molecule is CC1C=CSc2cc(Nc3nc(Nc4ccc(C(=O)O)cc4)ncc3Cl)ccc21. The van der Waals surface area contributed by atoms with Gasteiger partial charge in [0, 0.05) is 22.2 Å². The van der Waals surface area contributed by atoms with Crippen molar-refractivity contribution in [3.05, 3.63) is 76.3 Å². The molecule has 2 aromatic carbocycles. The molecule has 1 aliphatic heterocycles. The van der Waals surface area contributed by atoms with Crippen LogP contribution in [0.1, 0.15) is 28.8 Å². The molecule has 3 N–H and O–H groups in total. The predicted octanol–water partition coefficient (Wildman–Crippen LogP) is 6.04. The second-order valence-corrected chi connectivity index (χ2v) is 7.87. The summed E-state index contributed by atoms with van der Waals surface area (Å²) in [5.41, 5.74) is 3.07. The van der Waals surface area contributed by atoms with E-state index in [-0.39, 0.29) is 5.56 Å². The van der Waals surface area contributed by atoms with Gasteiger partial charge in [0.2, 0.25) is 5.95 Å². The second kappa shape index (κ2) is 8.14. The molecular weight excluding hydrogens is 408 g/mol. The van der Waals surface area contributed by atoms with Crippen molar-refractivity contribution >= 4 is 52.5 Å². The molecule has 2 heterocycles. The van der Waals surface area contributed by atoms with Crippen molar-refractivity contribution in [2.75, 3.05) is 10.6 Å². The van der Waals surface area contributed by atoms with Crippen molar-refractivity contribution in [2.24, 2.45) is 0 Å². The number of aromatic nitrogens is 2. The standard InChI is InChI=1S/C21H17ClN4O2S/c1-12-8-9-29-18-10-15(6-7-16(12)18)24-19-17(22)11-23-21(26-19)25-14-4-2-13(3-5-14)20(27)28/h2-12H,1H3,(H,27,28)(H2,23,24,25,26). The van der Waals surface area contributed by atoms with Gasteiger partial charge >= 0.3 is 5.97 Å². The maximum atomic E-state index is 11.0. The number of carboxylic acid groups (broad SMARTS) is 1. The zero-order valence-corrected chi connectivity index (χ0v) is 17.0. The van der Waals surface area contributed by atoms with Crippen LogP contribution in [-0.4, -0.2) is 21.0 Å². The number of rotatable bonds is 5. The van der Waals surface area contributed by atoms with E-state index < -0.39 is 5.97 Å². The molecule has 0 amide bonds. The maximum absolute atomic E-state index is 11.0. The lowest BCUT2D eigenvalue weighted by atomic mass is 10.0. The van der Waals surface area contributed by atoms with Crippen LogP contribution in [0.3, 0.4) is 0 Å². The first kappa shape index (κ1) is 19.3. The van der Waals surface area contributed by atoms with Gasteiger partial charge in [-0.25, -0.2) is 9.78 Å². The van der Waals surface area contributed by atoms with Crippen LogP contribution >= 0.6 is 23.4 Å². The van der Waals surface area contributed by atoms with Gasteiger partial charge in [0.15, 0.2) is 5.82 Å². The first-order chi connectivity index (χ1) is 14.0. The van der Waals surface area contributed by atoms with E-state index in [9.17, 15) is 4.79 Å². The van der Waals surface area contributed by atoms with E-state index in [1.165, 1.54) is 28.8 Å². The molecule has 0 spiro atoms. The number of anilines is 4. The fraction of sp³-hybridized carbons (Fsp3) is 0.0952.